The number of nitrogens with zero attached hydrogens (tertiary/aromatic N) is 2. The Morgan fingerprint density at radius 2 is 2.18 bits per heavy atom. The highest BCUT2D eigenvalue weighted by Gasteiger charge is 2.31. The van der Waals surface area contributed by atoms with Crippen LogP contribution in [0.3, 0.4) is 0 Å². The van der Waals surface area contributed by atoms with Crippen molar-refractivity contribution in [2.75, 3.05) is 11.3 Å². The minimum atomic E-state index is -3.88. The van der Waals surface area contributed by atoms with Gasteiger partial charge in [0.05, 0.1) is 10.9 Å². The van der Waals surface area contributed by atoms with E-state index in [-0.39, 0.29) is 22.7 Å². The van der Waals surface area contributed by atoms with E-state index in [0.717, 1.165) is 18.4 Å². The number of nitrogens with one attached hydrogen (secondary N) is 1. The van der Waals surface area contributed by atoms with Crippen LogP contribution in [0.2, 0.25) is 0 Å². The van der Waals surface area contributed by atoms with E-state index in [1.54, 1.807) is 30.4 Å². The van der Waals surface area contributed by atoms with Gasteiger partial charge in [-0.1, -0.05) is 11.2 Å². The van der Waals surface area contributed by atoms with Gasteiger partial charge in [-0.15, -0.1) is 0 Å². The van der Waals surface area contributed by atoms with Gasteiger partial charge in [-0.05, 0) is 60.4 Å². The van der Waals surface area contributed by atoms with Crippen LogP contribution in [0, 0.1) is 6.92 Å². The number of carbonyl (C=O) groups is 1. The summed E-state index contributed by atoms with van der Waals surface area (Å²) in [5, 5.41) is 7.70. The second-order valence-electron chi connectivity index (χ2n) is 6.67. The first-order chi connectivity index (χ1) is 13.4. The smallest absolute Gasteiger partial charge is 0.263 e. The molecule has 4 rings (SSSR count). The Hall–Kier alpha value is -2.65. The highest BCUT2D eigenvalue weighted by Crippen LogP contribution is 2.34. The van der Waals surface area contributed by atoms with E-state index in [9.17, 15) is 13.2 Å². The molecule has 9 heteroatoms. The molecule has 0 aliphatic carbocycles. The Bertz CT molecular complexity index is 1090. The SMILES string of the molecule is Cc1cc(NS(=O)(=O)c2cccc(C(=O)N3CCC[C@H]3c3ccsc3)c2)no1. The fourth-order valence-corrected chi connectivity index (χ4v) is 5.13. The topological polar surface area (TPSA) is 92.5 Å². The summed E-state index contributed by atoms with van der Waals surface area (Å²) in [6, 6.07) is 9.63. The number of likely N-dealkylation sites (tertiary alicyclic amines) is 1. The molecule has 28 heavy (non-hydrogen) atoms. The first kappa shape index (κ1) is 18.7. The standard InChI is InChI=1S/C19H19N3O4S2/c1-13-10-18(20-26-13)21-28(24,25)16-5-2-4-14(11-16)19(23)22-8-3-6-17(22)15-7-9-27-12-15/h2,4-5,7,9-12,17H,3,6,8H2,1H3,(H,20,21)/t17-/m0/s1. The predicted molar refractivity (Wildman–Crippen MR) is 106 cm³/mol. The number of sulfonamides is 1. The van der Waals surface area contributed by atoms with E-state index >= 15 is 0 Å². The lowest BCUT2D eigenvalue weighted by atomic mass is 10.1. The number of aryl methyl sites for hydroxylation is 1. The third-order valence-electron chi connectivity index (χ3n) is 4.70. The maximum atomic E-state index is 13.1. The molecule has 146 valence electrons. The van der Waals surface area contributed by atoms with Crippen LogP contribution < -0.4 is 4.72 Å². The molecule has 7 nitrogen and oxygen atoms in total. The fourth-order valence-electron chi connectivity index (χ4n) is 3.39. The number of rotatable bonds is 5. The molecule has 0 saturated carbocycles. The lowest BCUT2D eigenvalue weighted by molar-refractivity contribution is 0.0735. The molecule has 0 spiro atoms. The molecular weight excluding hydrogens is 398 g/mol. The maximum Gasteiger partial charge on any atom is 0.263 e. The van der Waals surface area contributed by atoms with E-state index in [2.05, 4.69) is 15.3 Å². The van der Waals surface area contributed by atoms with Crippen molar-refractivity contribution in [3.63, 3.8) is 0 Å². The van der Waals surface area contributed by atoms with E-state index in [1.807, 2.05) is 16.3 Å². The van der Waals surface area contributed by atoms with Crippen molar-refractivity contribution < 1.29 is 17.7 Å². The van der Waals surface area contributed by atoms with Crippen LogP contribution in [0.4, 0.5) is 5.82 Å². The van der Waals surface area contributed by atoms with Gasteiger partial charge in [-0.3, -0.25) is 9.52 Å². The van der Waals surface area contributed by atoms with Crippen LogP contribution in [0.15, 0.2) is 56.6 Å². The Labute approximate surface area is 167 Å². The van der Waals surface area contributed by atoms with Crippen LogP contribution in [-0.4, -0.2) is 30.9 Å². The Balaban J connectivity index is 1.58. The molecule has 1 saturated heterocycles. The molecule has 3 heterocycles. The molecule has 2 aromatic heterocycles. The van der Waals surface area contributed by atoms with E-state index in [4.69, 9.17) is 4.52 Å². The number of aromatic nitrogens is 1. The Kier molecular flexibility index (Phi) is 4.94. The number of hydrogen-bond donors (Lipinski definition) is 1. The van der Waals surface area contributed by atoms with Crippen molar-refractivity contribution in [1.29, 1.82) is 0 Å². The molecule has 1 aliphatic heterocycles. The first-order valence-corrected chi connectivity index (χ1v) is 11.3. The van der Waals surface area contributed by atoms with Gasteiger partial charge in [0.15, 0.2) is 5.82 Å². The molecule has 3 aromatic rings. The van der Waals surface area contributed by atoms with Gasteiger partial charge in [0.1, 0.15) is 5.76 Å². The summed E-state index contributed by atoms with van der Waals surface area (Å²) in [5.41, 5.74) is 1.48. The van der Waals surface area contributed by atoms with Crippen molar-refractivity contribution in [2.45, 2.75) is 30.7 Å². The average Bonchev–Trinajstić information content (AvgIpc) is 3.42. The van der Waals surface area contributed by atoms with Gasteiger partial charge < -0.3 is 9.42 Å². The monoisotopic (exact) mass is 417 g/mol. The van der Waals surface area contributed by atoms with Crippen LogP contribution in [0.1, 0.15) is 40.6 Å². The van der Waals surface area contributed by atoms with Crippen molar-refractivity contribution in [1.82, 2.24) is 10.1 Å². The summed E-state index contributed by atoms with van der Waals surface area (Å²) >= 11 is 1.61. The summed E-state index contributed by atoms with van der Waals surface area (Å²) in [5.74, 6) is 0.435. The summed E-state index contributed by atoms with van der Waals surface area (Å²) in [6.07, 6.45) is 1.84. The van der Waals surface area contributed by atoms with Crippen LogP contribution in [-0.2, 0) is 10.0 Å². The number of thiophene rings is 1. The van der Waals surface area contributed by atoms with E-state index < -0.39 is 10.0 Å². The number of amides is 1. The molecule has 1 amide bonds. The lowest BCUT2D eigenvalue weighted by Gasteiger charge is -2.24. The zero-order chi connectivity index (χ0) is 19.7. The predicted octanol–water partition coefficient (Wildman–Crippen LogP) is 3.82. The zero-order valence-electron chi connectivity index (χ0n) is 15.2. The van der Waals surface area contributed by atoms with Crippen molar-refractivity contribution in [3.8, 4) is 0 Å². The largest absolute Gasteiger partial charge is 0.360 e. The second-order valence-corrected chi connectivity index (χ2v) is 9.13. The summed E-state index contributed by atoms with van der Waals surface area (Å²) in [7, 11) is -3.88. The summed E-state index contributed by atoms with van der Waals surface area (Å²) in [6.45, 7) is 2.33. The molecule has 0 unspecified atom stereocenters. The number of benzene rings is 1. The highest BCUT2D eigenvalue weighted by molar-refractivity contribution is 7.92. The molecule has 1 aliphatic rings. The van der Waals surface area contributed by atoms with Crippen LogP contribution >= 0.6 is 11.3 Å². The van der Waals surface area contributed by atoms with Gasteiger partial charge in [0.2, 0.25) is 0 Å². The van der Waals surface area contributed by atoms with Gasteiger partial charge in [0.25, 0.3) is 15.9 Å². The van der Waals surface area contributed by atoms with E-state index in [1.165, 1.54) is 18.2 Å². The zero-order valence-corrected chi connectivity index (χ0v) is 16.8. The number of anilines is 1. The van der Waals surface area contributed by atoms with Crippen LogP contribution in [0.25, 0.3) is 0 Å². The van der Waals surface area contributed by atoms with Crippen molar-refractivity contribution >= 4 is 33.1 Å². The van der Waals surface area contributed by atoms with Crippen LogP contribution in [0.5, 0.6) is 0 Å². The molecule has 1 N–H and O–H groups in total. The molecule has 1 aromatic carbocycles. The third kappa shape index (κ3) is 3.67. The minimum absolute atomic E-state index is 0.00489. The third-order valence-corrected chi connectivity index (χ3v) is 6.75. The average molecular weight is 418 g/mol. The Morgan fingerprint density at radius 1 is 1.32 bits per heavy atom. The summed E-state index contributed by atoms with van der Waals surface area (Å²) < 4.78 is 32.5. The minimum Gasteiger partial charge on any atom is -0.360 e. The maximum absolute atomic E-state index is 13.1. The van der Waals surface area contributed by atoms with Crippen molar-refractivity contribution in [2.24, 2.45) is 0 Å². The van der Waals surface area contributed by atoms with Gasteiger partial charge in [0, 0.05) is 18.2 Å². The van der Waals surface area contributed by atoms with Gasteiger partial charge in [-0.2, -0.15) is 11.3 Å². The second kappa shape index (κ2) is 7.40. The first-order valence-electron chi connectivity index (χ1n) is 8.83. The summed E-state index contributed by atoms with van der Waals surface area (Å²) in [4.78, 5) is 14.9. The molecule has 0 radical (unpaired) electrons. The highest BCUT2D eigenvalue weighted by atomic mass is 32.2. The number of hydrogen-bond acceptors (Lipinski definition) is 6. The molecule has 1 fully saturated rings. The molecule has 1 atom stereocenters. The lowest BCUT2D eigenvalue weighted by Crippen LogP contribution is -2.30. The fraction of sp³-hybridized carbons (Fsp3) is 0.263. The molecule has 0 bridgehead atoms. The Morgan fingerprint density at radius 3 is 2.89 bits per heavy atom. The normalized spacial score (nSPS) is 17.0. The van der Waals surface area contributed by atoms with Crippen molar-refractivity contribution in [3.05, 3.63) is 64.0 Å². The molecular formula is C19H19N3O4S2. The number of carbonyl (C=O) groups excluding carboxylic acids is 1. The van der Waals surface area contributed by atoms with Gasteiger partial charge in [-0.25, -0.2) is 8.42 Å². The van der Waals surface area contributed by atoms with E-state index in [0.29, 0.717) is 17.9 Å². The van der Waals surface area contributed by atoms with Gasteiger partial charge >= 0.3 is 0 Å². The quantitative estimate of drug-likeness (QED) is 0.681.